The van der Waals surface area contributed by atoms with Gasteiger partial charge in [-0.2, -0.15) is 5.26 Å². The summed E-state index contributed by atoms with van der Waals surface area (Å²) in [7, 11) is 0. The number of imidazole rings is 1. The summed E-state index contributed by atoms with van der Waals surface area (Å²) < 4.78 is 7.00. The van der Waals surface area contributed by atoms with Crippen LogP contribution in [0.1, 0.15) is 39.8 Å². The Bertz CT molecular complexity index is 1020. The molecule has 3 aromatic heterocycles. The molecule has 0 amide bonds. The quantitative estimate of drug-likeness (QED) is 0.506. The van der Waals surface area contributed by atoms with E-state index in [1.54, 1.807) is 19.9 Å². The lowest BCUT2D eigenvalue weighted by Gasteiger charge is -2.08. The van der Waals surface area contributed by atoms with Gasteiger partial charge in [0.05, 0.1) is 29.1 Å². The summed E-state index contributed by atoms with van der Waals surface area (Å²) in [5, 5.41) is 10.0. The minimum Gasteiger partial charge on any atom is -0.462 e. The predicted molar refractivity (Wildman–Crippen MR) is 99.1 cm³/mol. The van der Waals surface area contributed by atoms with Crippen molar-refractivity contribution in [1.29, 1.82) is 5.26 Å². The lowest BCUT2D eigenvalue weighted by molar-refractivity contribution is 0.0524. The fourth-order valence-corrected chi connectivity index (χ4v) is 3.49. The summed E-state index contributed by atoms with van der Waals surface area (Å²) in [6.07, 6.45) is 3.93. The molecule has 3 aromatic rings. The minimum atomic E-state index is -0.457. The second-order valence-corrected chi connectivity index (χ2v) is 6.71. The standard InChI is InChI=1S/C19H18N4O2S/c1-4-25-19(24)16-8-14(9-20)18(21-13(16)3)26-11-15-10-23-7-5-6-12(2)17(23)22-15/h5-8,10H,4,11H2,1-3H3. The maximum Gasteiger partial charge on any atom is 0.340 e. The van der Waals surface area contributed by atoms with E-state index in [1.165, 1.54) is 11.8 Å². The summed E-state index contributed by atoms with van der Waals surface area (Å²) in [4.78, 5) is 21.0. The predicted octanol–water partition coefficient (Wildman–Crippen LogP) is 3.69. The number of esters is 1. The number of nitrogens with zero attached hydrogens (tertiary/aromatic N) is 4. The van der Waals surface area contributed by atoms with Gasteiger partial charge in [-0.1, -0.05) is 17.8 Å². The smallest absolute Gasteiger partial charge is 0.340 e. The molecule has 0 N–H and O–H groups in total. The van der Waals surface area contributed by atoms with Crippen LogP contribution in [0.3, 0.4) is 0 Å². The molecule has 0 atom stereocenters. The maximum atomic E-state index is 12.0. The molecule has 0 aromatic carbocycles. The van der Waals surface area contributed by atoms with Gasteiger partial charge in [0.1, 0.15) is 16.7 Å². The van der Waals surface area contributed by atoms with E-state index >= 15 is 0 Å². The van der Waals surface area contributed by atoms with Crippen LogP contribution < -0.4 is 0 Å². The fourth-order valence-electron chi connectivity index (χ4n) is 2.61. The van der Waals surface area contributed by atoms with Gasteiger partial charge in [-0.3, -0.25) is 0 Å². The van der Waals surface area contributed by atoms with E-state index in [4.69, 9.17) is 4.74 Å². The maximum absolute atomic E-state index is 12.0. The van der Waals surface area contributed by atoms with Gasteiger partial charge in [0.25, 0.3) is 0 Å². The average Bonchev–Trinajstić information content (AvgIpc) is 3.04. The van der Waals surface area contributed by atoms with Crippen molar-refractivity contribution in [3.63, 3.8) is 0 Å². The van der Waals surface area contributed by atoms with Crippen LogP contribution in [0.25, 0.3) is 5.65 Å². The summed E-state index contributed by atoms with van der Waals surface area (Å²) in [5.41, 5.74) is 4.18. The molecule has 0 bridgehead atoms. The van der Waals surface area contributed by atoms with Gasteiger partial charge in [-0.15, -0.1) is 0 Å². The zero-order chi connectivity index (χ0) is 18.7. The zero-order valence-electron chi connectivity index (χ0n) is 14.8. The molecule has 0 saturated heterocycles. The highest BCUT2D eigenvalue weighted by Crippen LogP contribution is 2.26. The molecule has 0 spiro atoms. The van der Waals surface area contributed by atoms with Crippen molar-refractivity contribution >= 4 is 23.4 Å². The Hall–Kier alpha value is -2.85. The molecule has 0 fully saturated rings. The van der Waals surface area contributed by atoms with E-state index in [2.05, 4.69) is 16.0 Å². The molecule has 132 valence electrons. The normalized spacial score (nSPS) is 10.7. The van der Waals surface area contributed by atoms with E-state index in [0.717, 1.165) is 16.9 Å². The van der Waals surface area contributed by atoms with Gasteiger partial charge in [0.2, 0.25) is 0 Å². The number of hydrogen-bond acceptors (Lipinski definition) is 6. The van der Waals surface area contributed by atoms with Crippen LogP contribution in [0.4, 0.5) is 0 Å². The average molecular weight is 366 g/mol. The molecule has 3 rings (SSSR count). The van der Waals surface area contributed by atoms with Gasteiger partial charge < -0.3 is 9.14 Å². The van der Waals surface area contributed by atoms with E-state index in [1.807, 2.05) is 35.9 Å². The Morgan fingerprint density at radius 3 is 2.88 bits per heavy atom. The van der Waals surface area contributed by atoms with Gasteiger partial charge in [-0.05, 0) is 38.5 Å². The minimum absolute atomic E-state index is 0.282. The summed E-state index contributed by atoms with van der Waals surface area (Å²) in [6.45, 7) is 5.79. The van der Waals surface area contributed by atoms with Crippen molar-refractivity contribution in [1.82, 2.24) is 14.4 Å². The molecule has 26 heavy (non-hydrogen) atoms. The number of rotatable bonds is 5. The zero-order valence-corrected chi connectivity index (χ0v) is 15.6. The largest absolute Gasteiger partial charge is 0.462 e. The molecule has 0 aliphatic carbocycles. The highest BCUT2D eigenvalue weighted by molar-refractivity contribution is 7.98. The Morgan fingerprint density at radius 2 is 2.19 bits per heavy atom. The Morgan fingerprint density at radius 1 is 1.38 bits per heavy atom. The number of aromatic nitrogens is 3. The molecule has 0 aliphatic heterocycles. The van der Waals surface area contributed by atoms with Crippen LogP contribution in [-0.2, 0) is 10.5 Å². The first-order valence-electron chi connectivity index (χ1n) is 8.18. The third-order valence-electron chi connectivity index (χ3n) is 3.88. The van der Waals surface area contributed by atoms with Crippen molar-refractivity contribution in [2.75, 3.05) is 6.61 Å². The Labute approximate surface area is 155 Å². The van der Waals surface area contributed by atoms with Gasteiger partial charge in [0.15, 0.2) is 0 Å². The molecule has 0 radical (unpaired) electrons. The Balaban J connectivity index is 1.85. The Kier molecular flexibility index (Phi) is 5.24. The summed E-state index contributed by atoms with van der Waals surface area (Å²) >= 11 is 1.43. The van der Waals surface area contributed by atoms with Crippen LogP contribution in [0, 0.1) is 25.2 Å². The van der Waals surface area contributed by atoms with Crippen LogP contribution >= 0.6 is 11.8 Å². The first-order chi connectivity index (χ1) is 12.5. The molecular formula is C19H18N4O2S. The second kappa shape index (κ2) is 7.58. The lowest BCUT2D eigenvalue weighted by Crippen LogP contribution is -2.09. The van der Waals surface area contributed by atoms with Gasteiger partial charge in [0, 0.05) is 18.1 Å². The topological polar surface area (TPSA) is 80.3 Å². The SMILES string of the molecule is CCOC(=O)c1cc(C#N)c(SCc2cn3cccc(C)c3n2)nc1C. The number of pyridine rings is 2. The van der Waals surface area contributed by atoms with E-state index < -0.39 is 5.97 Å². The van der Waals surface area contributed by atoms with Gasteiger partial charge in [-0.25, -0.2) is 14.8 Å². The monoisotopic (exact) mass is 366 g/mol. The first kappa shape index (κ1) is 18.0. The second-order valence-electron chi connectivity index (χ2n) is 5.75. The highest BCUT2D eigenvalue weighted by atomic mass is 32.2. The number of aryl methyl sites for hydroxylation is 2. The number of carbonyl (C=O) groups excluding carboxylic acids is 1. The summed E-state index contributed by atoms with van der Waals surface area (Å²) in [6, 6.07) is 7.67. The van der Waals surface area contributed by atoms with E-state index in [-0.39, 0.29) is 6.61 Å². The number of carbonyl (C=O) groups is 1. The molecule has 3 heterocycles. The van der Waals surface area contributed by atoms with E-state index in [0.29, 0.717) is 27.6 Å². The van der Waals surface area contributed by atoms with E-state index in [9.17, 15) is 10.1 Å². The van der Waals surface area contributed by atoms with Crippen molar-refractivity contribution in [2.45, 2.75) is 31.6 Å². The molecular weight excluding hydrogens is 348 g/mol. The van der Waals surface area contributed by atoms with Crippen molar-refractivity contribution in [3.8, 4) is 6.07 Å². The van der Waals surface area contributed by atoms with Crippen molar-refractivity contribution in [3.05, 3.63) is 58.7 Å². The highest BCUT2D eigenvalue weighted by Gasteiger charge is 2.16. The van der Waals surface area contributed by atoms with Gasteiger partial charge >= 0.3 is 5.97 Å². The van der Waals surface area contributed by atoms with Crippen LogP contribution in [0.2, 0.25) is 0 Å². The first-order valence-corrected chi connectivity index (χ1v) is 9.17. The number of nitriles is 1. The molecule has 0 unspecified atom stereocenters. The third-order valence-corrected chi connectivity index (χ3v) is 4.90. The van der Waals surface area contributed by atoms with Crippen molar-refractivity contribution in [2.24, 2.45) is 0 Å². The molecule has 7 heteroatoms. The number of fused-ring (bicyclic) bond motifs is 1. The molecule has 0 saturated carbocycles. The van der Waals surface area contributed by atoms with Crippen LogP contribution in [0.5, 0.6) is 0 Å². The number of hydrogen-bond donors (Lipinski definition) is 0. The summed E-state index contributed by atoms with van der Waals surface area (Å²) in [5.74, 6) is 0.127. The number of ether oxygens (including phenoxy) is 1. The third kappa shape index (κ3) is 3.55. The van der Waals surface area contributed by atoms with Crippen LogP contribution in [0.15, 0.2) is 35.6 Å². The number of thioether (sulfide) groups is 1. The van der Waals surface area contributed by atoms with Crippen molar-refractivity contribution < 1.29 is 9.53 Å². The van der Waals surface area contributed by atoms with Crippen LogP contribution in [-0.4, -0.2) is 26.9 Å². The molecule has 6 nitrogen and oxygen atoms in total. The fraction of sp³-hybridized carbons (Fsp3) is 0.263. The lowest BCUT2D eigenvalue weighted by atomic mass is 10.1. The molecule has 0 aliphatic rings.